The number of aromatic nitrogens is 2. The van der Waals surface area contributed by atoms with Crippen molar-refractivity contribution in [2.75, 3.05) is 31.2 Å². The highest BCUT2D eigenvalue weighted by Gasteiger charge is 2.29. The van der Waals surface area contributed by atoms with E-state index in [9.17, 15) is 9.90 Å². The van der Waals surface area contributed by atoms with Gasteiger partial charge in [0, 0.05) is 59.0 Å². The number of pyridine rings is 2. The van der Waals surface area contributed by atoms with Crippen molar-refractivity contribution in [1.82, 2.24) is 9.97 Å². The molecule has 0 atom stereocenters. The molecule has 0 amide bonds. The third-order valence-corrected chi connectivity index (χ3v) is 7.14. The molecule has 3 heterocycles. The van der Waals surface area contributed by atoms with Gasteiger partial charge in [-0.05, 0) is 61.9 Å². The molecule has 1 N–H and O–H groups in total. The molecule has 7 nitrogen and oxygen atoms in total. The lowest BCUT2D eigenvalue weighted by molar-refractivity contribution is -0.136. The molecule has 0 aliphatic carbocycles. The SMILES string of the molecule is Cc1cc(Cl)ccc1OCCOc1ccc(-c2cnc(C)c(CC(=O)O)c2N2CCC(C)(C)CC2)cn1. The molecule has 0 unspecified atom stereocenters. The summed E-state index contributed by atoms with van der Waals surface area (Å²) < 4.78 is 11.6. The average Bonchev–Trinajstić information content (AvgIpc) is 2.85. The van der Waals surface area contributed by atoms with Crippen LogP contribution < -0.4 is 14.4 Å². The number of aryl methyl sites for hydroxylation is 2. The van der Waals surface area contributed by atoms with Crippen molar-refractivity contribution in [2.45, 2.75) is 47.0 Å². The summed E-state index contributed by atoms with van der Waals surface area (Å²) in [6.07, 6.45) is 5.61. The zero-order valence-electron chi connectivity index (χ0n) is 21.9. The Morgan fingerprint density at radius 1 is 1.05 bits per heavy atom. The van der Waals surface area contributed by atoms with Gasteiger partial charge in [0.1, 0.15) is 19.0 Å². The largest absolute Gasteiger partial charge is 0.490 e. The highest BCUT2D eigenvalue weighted by molar-refractivity contribution is 6.30. The molecule has 1 aromatic carbocycles. The van der Waals surface area contributed by atoms with E-state index in [1.54, 1.807) is 12.3 Å². The number of benzene rings is 1. The molecular formula is C29H34ClN3O4. The van der Waals surface area contributed by atoms with Crippen molar-refractivity contribution in [2.24, 2.45) is 5.41 Å². The van der Waals surface area contributed by atoms with Gasteiger partial charge in [0.25, 0.3) is 0 Å². The molecule has 0 bridgehead atoms. The topological polar surface area (TPSA) is 84.8 Å². The second kappa shape index (κ2) is 11.4. The molecule has 4 rings (SSSR count). The predicted molar refractivity (Wildman–Crippen MR) is 146 cm³/mol. The van der Waals surface area contributed by atoms with Crippen LogP contribution in [0.15, 0.2) is 42.7 Å². The molecule has 3 aromatic rings. The Bertz CT molecular complexity index is 1250. The van der Waals surface area contributed by atoms with Crippen molar-refractivity contribution < 1.29 is 19.4 Å². The zero-order chi connectivity index (χ0) is 26.6. The summed E-state index contributed by atoms with van der Waals surface area (Å²) in [6.45, 7) is 10.9. The van der Waals surface area contributed by atoms with E-state index in [4.69, 9.17) is 21.1 Å². The molecule has 1 fully saturated rings. The van der Waals surface area contributed by atoms with Crippen molar-refractivity contribution in [1.29, 1.82) is 0 Å². The molecule has 1 saturated heterocycles. The first-order valence-electron chi connectivity index (χ1n) is 12.6. The standard InChI is InChI=1S/C29H34ClN3O4/c1-19-15-22(30)6-7-25(19)36-13-14-37-26-8-5-21(17-32-26)24-18-31-20(2)23(16-27(34)35)28(24)33-11-9-29(3,4)10-12-33/h5-8,15,17-18H,9-14,16H2,1-4H3,(H,34,35). The van der Waals surface area contributed by atoms with Crippen LogP contribution in [0.1, 0.15) is 43.5 Å². The van der Waals surface area contributed by atoms with Gasteiger partial charge in [0.05, 0.1) is 12.1 Å². The number of hydrogen-bond donors (Lipinski definition) is 1. The summed E-state index contributed by atoms with van der Waals surface area (Å²) in [5.74, 6) is 0.403. The predicted octanol–water partition coefficient (Wildman–Crippen LogP) is 6.13. The minimum Gasteiger partial charge on any atom is -0.490 e. The zero-order valence-corrected chi connectivity index (χ0v) is 22.6. The van der Waals surface area contributed by atoms with E-state index in [1.807, 2.05) is 44.3 Å². The summed E-state index contributed by atoms with van der Waals surface area (Å²) in [4.78, 5) is 23.1. The number of piperidine rings is 1. The van der Waals surface area contributed by atoms with Crippen LogP contribution in [-0.2, 0) is 11.2 Å². The smallest absolute Gasteiger partial charge is 0.307 e. The minimum atomic E-state index is -0.862. The highest BCUT2D eigenvalue weighted by atomic mass is 35.5. The molecule has 8 heteroatoms. The van der Waals surface area contributed by atoms with Crippen molar-refractivity contribution in [3.05, 3.63) is 64.6 Å². The third kappa shape index (κ3) is 6.72. The lowest BCUT2D eigenvalue weighted by Crippen LogP contribution is -2.38. The number of rotatable bonds is 9. The van der Waals surface area contributed by atoms with Gasteiger partial charge in [-0.15, -0.1) is 0 Å². The average molecular weight is 524 g/mol. The van der Waals surface area contributed by atoms with Crippen molar-refractivity contribution in [3.8, 4) is 22.8 Å². The number of hydrogen-bond acceptors (Lipinski definition) is 6. The summed E-state index contributed by atoms with van der Waals surface area (Å²) in [6, 6.07) is 9.27. The van der Waals surface area contributed by atoms with Gasteiger partial charge >= 0.3 is 5.97 Å². The minimum absolute atomic E-state index is 0.0659. The van der Waals surface area contributed by atoms with Crippen molar-refractivity contribution >= 4 is 23.3 Å². The monoisotopic (exact) mass is 523 g/mol. The van der Waals surface area contributed by atoms with Gasteiger partial charge < -0.3 is 19.5 Å². The van der Waals surface area contributed by atoms with Crippen molar-refractivity contribution in [3.63, 3.8) is 0 Å². The highest BCUT2D eigenvalue weighted by Crippen LogP contribution is 2.39. The van der Waals surface area contributed by atoms with Crippen LogP contribution in [-0.4, -0.2) is 47.3 Å². The number of ether oxygens (including phenoxy) is 2. The molecule has 37 heavy (non-hydrogen) atoms. The number of carboxylic acid groups (broad SMARTS) is 1. The summed E-state index contributed by atoms with van der Waals surface area (Å²) in [5, 5.41) is 10.3. The van der Waals surface area contributed by atoms with Crippen LogP contribution in [0.3, 0.4) is 0 Å². The van der Waals surface area contributed by atoms with Crippen LogP contribution >= 0.6 is 11.6 Å². The quantitative estimate of drug-likeness (QED) is 0.338. The van der Waals surface area contributed by atoms with Gasteiger partial charge in [0.2, 0.25) is 5.88 Å². The van der Waals surface area contributed by atoms with E-state index < -0.39 is 5.97 Å². The number of halogens is 1. The van der Waals surface area contributed by atoms with Gasteiger partial charge in [-0.1, -0.05) is 25.4 Å². The Hall–Kier alpha value is -3.32. The first kappa shape index (κ1) is 26.7. The molecule has 0 radical (unpaired) electrons. The van der Waals surface area contributed by atoms with Gasteiger partial charge in [-0.3, -0.25) is 9.78 Å². The third-order valence-electron chi connectivity index (χ3n) is 6.90. The maximum atomic E-state index is 11.7. The van der Waals surface area contributed by atoms with E-state index in [-0.39, 0.29) is 11.8 Å². The maximum absolute atomic E-state index is 11.7. The summed E-state index contributed by atoms with van der Waals surface area (Å²) >= 11 is 6.00. The first-order valence-corrected chi connectivity index (χ1v) is 12.9. The van der Waals surface area contributed by atoms with E-state index in [1.165, 1.54) is 0 Å². The Morgan fingerprint density at radius 2 is 1.78 bits per heavy atom. The molecule has 0 spiro atoms. The fourth-order valence-corrected chi connectivity index (χ4v) is 4.83. The number of carbonyl (C=O) groups is 1. The fraction of sp³-hybridized carbons (Fsp3) is 0.414. The molecule has 2 aromatic heterocycles. The fourth-order valence-electron chi connectivity index (χ4n) is 4.60. The molecule has 1 aliphatic rings. The summed E-state index contributed by atoms with van der Waals surface area (Å²) in [7, 11) is 0. The Balaban J connectivity index is 1.50. The van der Waals surface area contributed by atoms with Gasteiger partial charge in [-0.2, -0.15) is 0 Å². The van der Waals surface area contributed by atoms with E-state index in [0.29, 0.717) is 24.1 Å². The molecule has 196 valence electrons. The number of anilines is 1. The second-order valence-corrected chi connectivity index (χ2v) is 10.7. The lowest BCUT2D eigenvalue weighted by atomic mass is 9.82. The van der Waals surface area contributed by atoms with Gasteiger partial charge in [-0.25, -0.2) is 4.98 Å². The van der Waals surface area contributed by atoms with Crippen LogP contribution in [0.5, 0.6) is 11.6 Å². The maximum Gasteiger partial charge on any atom is 0.307 e. The summed E-state index contributed by atoms with van der Waals surface area (Å²) in [5.41, 5.74) is 5.48. The molecule has 1 aliphatic heterocycles. The van der Waals surface area contributed by atoms with Crippen LogP contribution in [0.4, 0.5) is 5.69 Å². The van der Waals surface area contributed by atoms with Crippen LogP contribution in [0, 0.1) is 19.3 Å². The Morgan fingerprint density at radius 3 is 2.43 bits per heavy atom. The van der Waals surface area contributed by atoms with Crippen LogP contribution in [0.25, 0.3) is 11.1 Å². The van der Waals surface area contributed by atoms with E-state index in [2.05, 4.69) is 28.7 Å². The van der Waals surface area contributed by atoms with Gasteiger partial charge in [0.15, 0.2) is 0 Å². The number of carboxylic acids is 1. The second-order valence-electron chi connectivity index (χ2n) is 10.3. The molecular weight excluding hydrogens is 490 g/mol. The van der Waals surface area contributed by atoms with E-state index >= 15 is 0 Å². The number of aliphatic carboxylic acids is 1. The van der Waals surface area contributed by atoms with E-state index in [0.717, 1.165) is 65.3 Å². The lowest BCUT2D eigenvalue weighted by Gasteiger charge is -2.40. The normalized spacial score (nSPS) is 14.9. The Labute approximate surface area is 223 Å². The Kier molecular flexibility index (Phi) is 8.22. The first-order chi connectivity index (χ1) is 17.6. The van der Waals surface area contributed by atoms with Crippen LogP contribution in [0.2, 0.25) is 5.02 Å². The number of nitrogens with zero attached hydrogens (tertiary/aromatic N) is 3. The molecule has 0 saturated carbocycles.